The molecule has 0 aromatic heterocycles. The van der Waals surface area contributed by atoms with Gasteiger partial charge in [-0.25, -0.2) is 4.79 Å². The van der Waals surface area contributed by atoms with E-state index in [0.29, 0.717) is 18.4 Å². The summed E-state index contributed by atoms with van der Waals surface area (Å²) in [4.78, 5) is 11.8. The summed E-state index contributed by atoms with van der Waals surface area (Å²) in [7, 11) is 0. The number of carbonyl (C=O) groups excluding carboxylic acids is 1. The standard InChI is InChI=1S/C32H48O9/c1-29(2)38-16-23-27(41-29)25(34)26(35)28(40-23)39-19-7-10-30(3)18(14-19)5-6-22-21(30)8-11-31(4)20(9-12-32(22,31)36)17-13-24(33)37-15-17/h13,18-23,25-28,34-36H,5-12,14-16H2,1-4H3/t18-,19+,20-,21+,22-,23-,25-,26-,27?,28-,30+,31-,32?/m1/s1. The zero-order valence-corrected chi connectivity index (χ0v) is 24.9. The predicted octanol–water partition coefficient (Wildman–Crippen LogP) is 3.23. The van der Waals surface area contributed by atoms with Gasteiger partial charge in [-0.05, 0) is 106 Å². The molecule has 2 unspecified atom stereocenters. The highest BCUT2D eigenvalue weighted by Crippen LogP contribution is 2.70. The van der Waals surface area contributed by atoms with Gasteiger partial charge in [-0.3, -0.25) is 0 Å². The number of esters is 1. The Labute approximate surface area is 242 Å². The first-order valence-electron chi connectivity index (χ1n) is 15.9. The summed E-state index contributed by atoms with van der Waals surface area (Å²) in [6.07, 6.45) is 5.81. The summed E-state index contributed by atoms with van der Waals surface area (Å²) < 4.78 is 29.4. The fraction of sp³-hybridized carbons (Fsp3) is 0.906. The van der Waals surface area contributed by atoms with Gasteiger partial charge in [0.25, 0.3) is 0 Å². The van der Waals surface area contributed by atoms with Crippen molar-refractivity contribution in [2.75, 3.05) is 13.2 Å². The summed E-state index contributed by atoms with van der Waals surface area (Å²) >= 11 is 0. The van der Waals surface area contributed by atoms with E-state index in [-0.39, 0.29) is 41.3 Å². The van der Waals surface area contributed by atoms with Crippen molar-refractivity contribution < 1.29 is 43.8 Å². The van der Waals surface area contributed by atoms with Crippen LogP contribution in [0.3, 0.4) is 0 Å². The van der Waals surface area contributed by atoms with E-state index in [1.807, 2.05) is 0 Å². The van der Waals surface area contributed by atoms with Crippen LogP contribution in [0.5, 0.6) is 0 Å². The first kappa shape index (κ1) is 28.7. The van der Waals surface area contributed by atoms with Crippen molar-refractivity contribution in [2.45, 2.75) is 134 Å². The lowest BCUT2D eigenvalue weighted by molar-refractivity contribution is -0.387. The molecule has 7 rings (SSSR count). The number of cyclic esters (lactones) is 1. The molecule has 3 N–H and O–H groups in total. The van der Waals surface area contributed by atoms with E-state index < -0.39 is 42.1 Å². The van der Waals surface area contributed by atoms with Crippen LogP contribution in [0.25, 0.3) is 0 Å². The maximum Gasteiger partial charge on any atom is 0.331 e. The van der Waals surface area contributed by atoms with Crippen molar-refractivity contribution in [2.24, 2.45) is 34.5 Å². The van der Waals surface area contributed by atoms with Crippen LogP contribution in [-0.2, 0) is 28.5 Å². The van der Waals surface area contributed by atoms with Gasteiger partial charge in [-0.15, -0.1) is 0 Å². The van der Waals surface area contributed by atoms with Gasteiger partial charge in [0.1, 0.15) is 31.0 Å². The smallest absolute Gasteiger partial charge is 0.331 e. The van der Waals surface area contributed by atoms with Crippen molar-refractivity contribution in [1.29, 1.82) is 0 Å². The van der Waals surface area contributed by atoms with Gasteiger partial charge in [-0.2, -0.15) is 0 Å². The number of carbonyl (C=O) groups is 1. The molecule has 230 valence electrons. The lowest BCUT2D eigenvalue weighted by Gasteiger charge is -2.64. The average Bonchev–Trinajstić information content (AvgIpc) is 3.47. The van der Waals surface area contributed by atoms with Crippen LogP contribution in [0.2, 0.25) is 0 Å². The second kappa shape index (κ2) is 9.71. The molecule has 3 aliphatic heterocycles. The zero-order valence-electron chi connectivity index (χ0n) is 24.9. The molecule has 0 aromatic rings. The maximum absolute atomic E-state index is 12.5. The summed E-state index contributed by atoms with van der Waals surface area (Å²) in [6.45, 7) is 8.94. The number of hydrogen-bond acceptors (Lipinski definition) is 9. The first-order chi connectivity index (χ1) is 19.3. The van der Waals surface area contributed by atoms with E-state index in [0.717, 1.165) is 63.4 Å². The third-order valence-corrected chi connectivity index (χ3v) is 12.9. The monoisotopic (exact) mass is 576 g/mol. The molecule has 9 nitrogen and oxygen atoms in total. The Balaban J connectivity index is 1.03. The molecule has 2 saturated heterocycles. The average molecular weight is 577 g/mol. The largest absolute Gasteiger partial charge is 0.458 e. The minimum Gasteiger partial charge on any atom is -0.458 e. The van der Waals surface area contributed by atoms with Crippen LogP contribution in [0.15, 0.2) is 11.6 Å². The molecule has 0 amide bonds. The van der Waals surface area contributed by atoms with E-state index in [2.05, 4.69) is 13.8 Å². The number of ether oxygens (including phenoxy) is 5. The van der Waals surface area contributed by atoms with Crippen LogP contribution in [-0.4, -0.2) is 82.7 Å². The molecule has 0 spiro atoms. The highest BCUT2D eigenvalue weighted by atomic mass is 16.8. The molecule has 7 aliphatic rings. The van der Waals surface area contributed by atoms with E-state index >= 15 is 0 Å². The summed E-state index contributed by atoms with van der Waals surface area (Å²) in [5.74, 6) is 0.303. The van der Waals surface area contributed by atoms with Crippen LogP contribution in [0, 0.1) is 34.5 Å². The molecule has 4 saturated carbocycles. The fourth-order valence-electron chi connectivity index (χ4n) is 10.6. The van der Waals surface area contributed by atoms with E-state index in [1.165, 1.54) is 0 Å². The molecule has 4 aliphatic carbocycles. The van der Waals surface area contributed by atoms with Crippen molar-refractivity contribution in [3.05, 3.63) is 11.6 Å². The Bertz CT molecular complexity index is 1090. The van der Waals surface area contributed by atoms with Gasteiger partial charge in [0.2, 0.25) is 0 Å². The number of hydrogen-bond donors (Lipinski definition) is 3. The highest BCUT2D eigenvalue weighted by Gasteiger charge is 2.68. The van der Waals surface area contributed by atoms with E-state index in [9.17, 15) is 20.1 Å². The van der Waals surface area contributed by atoms with Crippen molar-refractivity contribution in [3.8, 4) is 0 Å². The highest BCUT2D eigenvalue weighted by molar-refractivity contribution is 5.85. The Kier molecular flexibility index (Phi) is 6.80. The lowest BCUT2D eigenvalue weighted by atomic mass is 9.43. The van der Waals surface area contributed by atoms with Crippen molar-refractivity contribution in [1.82, 2.24) is 0 Å². The Morgan fingerprint density at radius 1 is 0.951 bits per heavy atom. The molecular weight excluding hydrogens is 528 g/mol. The molecule has 0 bridgehead atoms. The Morgan fingerprint density at radius 3 is 2.51 bits per heavy atom. The lowest BCUT2D eigenvalue weighted by Crippen LogP contribution is -2.65. The van der Waals surface area contributed by atoms with Crippen LogP contribution in [0.4, 0.5) is 0 Å². The predicted molar refractivity (Wildman–Crippen MR) is 146 cm³/mol. The normalized spacial score (nSPS) is 54.3. The van der Waals surface area contributed by atoms with Gasteiger partial charge in [0.05, 0.1) is 18.3 Å². The van der Waals surface area contributed by atoms with Gasteiger partial charge >= 0.3 is 5.97 Å². The van der Waals surface area contributed by atoms with E-state index in [4.69, 9.17) is 23.7 Å². The molecule has 13 atom stereocenters. The van der Waals surface area contributed by atoms with E-state index in [1.54, 1.807) is 19.9 Å². The Hall–Kier alpha value is -1.07. The van der Waals surface area contributed by atoms with Crippen LogP contribution >= 0.6 is 0 Å². The minimum absolute atomic E-state index is 0.0606. The quantitative estimate of drug-likeness (QED) is 0.343. The first-order valence-corrected chi connectivity index (χ1v) is 15.9. The fourth-order valence-corrected chi connectivity index (χ4v) is 10.6. The summed E-state index contributed by atoms with van der Waals surface area (Å²) in [5, 5.41) is 34.2. The zero-order chi connectivity index (χ0) is 28.9. The summed E-state index contributed by atoms with van der Waals surface area (Å²) in [5.41, 5.74) is 0.242. The molecule has 3 heterocycles. The van der Waals surface area contributed by atoms with Crippen molar-refractivity contribution in [3.63, 3.8) is 0 Å². The SMILES string of the molecule is CC1(C)OC[C@H]2O[C@@H](O[C@H]3CC[C@@]4(C)[C@H](CC[C@@H]5[C@@H]4CC[C@]4(C)[C@@H](C6=CC(=O)OC6)CCC54O)C3)[C@H](O)[C@@H](O)C2O1. The van der Waals surface area contributed by atoms with Gasteiger partial charge < -0.3 is 39.0 Å². The van der Waals surface area contributed by atoms with Crippen molar-refractivity contribution >= 4 is 5.97 Å². The third kappa shape index (κ3) is 4.31. The second-order valence-corrected chi connectivity index (χ2v) is 15.1. The number of fused-ring (bicyclic) bond motifs is 6. The number of aliphatic hydroxyl groups is 3. The molecule has 6 fully saturated rings. The topological polar surface area (TPSA) is 124 Å². The minimum atomic E-state index is -1.19. The second-order valence-electron chi connectivity index (χ2n) is 15.1. The molecule has 41 heavy (non-hydrogen) atoms. The number of rotatable bonds is 3. The molecule has 9 heteroatoms. The van der Waals surface area contributed by atoms with Crippen LogP contribution in [0.1, 0.15) is 85.5 Å². The Morgan fingerprint density at radius 2 is 1.76 bits per heavy atom. The molecular formula is C32H48O9. The number of aliphatic hydroxyl groups excluding tert-OH is 2. The van der Waals surface area contributed by atoms with Gasteiger partial charge in [0, 0.05) is 11.5 Å². The van der Waals surface area contributed by atoms with Gasteiger partial charge in [-0.1, -0.05) is 13.8 Å². The van der Waals surface area contributed by atoms with Crippen LogP contribution < -0.4 is 0 Å². The summed E-state index contributed by atoms with van der Waals surface area (Å²) in [6, 6.07) is 0. The molecule has 0 aromatic carbocycles. The maximum atomic E-state index is 12.5. The third-order valence-electron chi connectivity index (χ3n) is 12.9. The van der Waals surface area contributed by atoms with Gasteiger partial charge in [0.15, 0.2) is 12.1 Å². The molecule has 0 radical (unpaired) electrons.